The summed E-state index contributed by atoms with van der Waals surface area (Å²) in [6, 6.07) is 6.40. The zero-order valence-electron chi connectivity index (χ0n) is 14.8. The summed E-state index contributed by atoms with van der Waals surface area (Å²) in [5, 5.41) is 0.549. The summed E-state index contributed by atoms with van der Waals surface area (Å²) >= 11 is 5.78. The monoisotopic (exact) mass is 354 g/mol. The largest absolute Gasteiger partial charge is 0.465 e. The molecule has 4 nitrogen and oxygen atoms in total. The molecule has 0 radical (unpaired) electrons. The van der Waals surface area contributed by atoms with Crippen LogP contribution in [0.2, 0.25) is 5.02 Å². The molecule has 0 heterocycles. The highest BCUT2D eigenvalue weighted by atomic mass is 35.5. The third kappa shape index (κ3) is 6.91. The van der Waals surface area contributed by atoms with Gasteiger partial charge in [0.2, 0.25) is 0 Å². The zero-order valence-corrected chi connectivity index (χ0v) is 15.5. The van der Waals surface area contributed by atoms with Gasteiger partial charge in [-0.1, -0.05) is 50.6 Å². The van der Waals surface area contributed by atoms with E-state index in [9.17, 15) is 9.59 Å². The lowest BCUT2D eigenvalue weighted by Crippen LogP contribution is -2.38. The minimum atomic E-state index is -1.35. The van der Waals surface area contributed by atoms with Crippen LogP contribution in [0, 0.1) is 5.41 Å². The van der Waals surface area contributed by atoms with Crippen LogP contribution in [0.5, 0.6) is 5.75 Å². The number of hydrogen-bond donors (Lipinski definition) is 0. The molecule has 5 heteroatoms. The van der Waals surface area contributed by atoms with Gasteiger partial charge in [-0.05, 0) is 44.5 Å². The zero-order chi connectivity index (χ0) is 18.0. The molecule has 134 valence electrons. The standard InChI is InChI=1S/C19H27ClO4/c1-4-5-6-7-8-9-14-23-17(21)19(2,3)18(22)24-16-12-10-15(20)11-13-16/h10-13H,4-9,14H2,1-3H3. The minimum absolute atomic E-state index is 0.336. The average molecular weight is 355 g/mol. The van der Waals surface area contributed by atoms with Gasteiger partial charge < -0.3 is 9.47 Å². The summed E-state index contributed by atoms with van der Waals surface area (Å²) < 4.78 is 10.5. The second-order valence-electron chi connectivity index (χ2n) is 6.37. The molecule has 1 rings (SSSR count). The van der Waals surface area contributed by atoms with Crippen molar-refractivity contribution in [2.24, 2.45) is 5.41 Å². The summed E-state index contributed by atoms with van der Waals surface area (Å²) in [5.41, 5.74) is -1.35. The van der Waals surface area contributed by atoms with Gasteiger partial charge in [-0.25, -0.2) is 0 Å². The Labute approximate surface area is 149 Å². The summed E-state index contributed by atoms with van der Waals surface area (Å²) in [7, 11) is 0. The molecule has 0 aliphatic carbocycles. The smallest absolute Gasteiger partial charge is 0.328 e. The number of benzene rings is 1. The predicted molar refractivity (Wildman–Crippen MR) is 95.2 cm³/mol. The number of hydrogen-bond acceptors (Lipinski definition) is 4. The van der Waals surface area contributed by atoms with Crippen LogP contribution in [-0.4, -0.2) is 18.5 Å². The summed E-state index contributed by atoms with van der Waals surface area (Å²) in [5.74, 6) is -0.853. The van der Waals surface area contributed by atoms with Crippen LogP contribution in [-0.2, 0) is 14.3 Å². The van der Waals surface area contributed by atoms with Crippen molar-refractivity contribution in [1.29, 1.82) is 0 Å². The quantitative estimate of drug-likeness (QED) is 0.251. The highest BCUT2D eigenvalue weighted by Gasteiger charge is 2.39. The molecule has 0 fully saturated rings. The Morgan fingerprint density at radius 3 is 2.17 bits per heavy atom. The van der Waals surface area contributed by atoms with Gasteiger partial charge in [0.15, 0.2) is 5.41 Å². The van der Waals surface area contributed by atoms with Crippen molar-refractivity contribution < 1.29 is 19.1 Å². The normalized spacial score (nSPS) is 11.2. The molecule has 0 saturated heterocycles. The average Bonchev–Trinajstić information content (AvgIpc) is 2.55. The van der Waals surface area contributed by atoms with Crippen molar-refractivity contribution in [3.63, 3.8) is 0 Å². The Hall–Kier alpha value is -1.55. The first-order valence-electron chi connectivity index (χ1n) is 8.53. The lowest BCUT2D eigenvalue weighted by atomic mass is 9.94. The number of esters is 2. The van der Waals surface area contributed by atoms with Gasteiger partial charge in [0.1, 0.15) is 5.75 Å². The van der Waals surface area contributed by atoms with Gasteiger partial charge in [-0.2, -0.15) is 0 Å². The molecular weight excluding hydrogens is 328 g/mol. The van der Waals surface area contributed by atoms with Crippen molar-refractivity contribution in [3.8, 4) is 5.75 Å². The number of unbranched alkanes of at least 4 members (excludes halogenated alkanes) is 5. The molecule has 0 bridgehead atoms. The van der Waals surface area contributed by atoms with Crippen LogP contribution in [0.3, 0.4) is 0 Å². The molecule has 0 atom stereocenters. The molecular formula is C19H27ClO4. The van der Waals surface area contributed by atoms with E-state index in [0.717, 1.165) is 19.3 Å². The Balaban J connectivity index is 2.38. The van der Waals surface area contributed by atoms with Crippen LogP contribution in [0.25, 0.3) is 0 Å². The third-order valence-electron chi connectivity index (χ3n) is 3.78. The molecule has 24 heavy (non-hydrogen) atoms. The predicted octanol–water partition coefficient (Wildman–Crippen LogP) is 5.18. The SMILES string of the molecule is CCCCCCCCOC(=O)C(C)(C)C(=O)Oc1ccc(Cl)cc1. The molecule has 0 aromatic heterocycles. The van der Waals surface area contributed by atoms with E-state index in [1.54, 1.807) is 24.3 Å². The van der Waals surface area contributed by atoms with Crippen LogP contribution < -0.4 is 4.74 Å². The second-order valence-corrected chi connectivity index (χ2v) is 6.81. The van der Waals surface area contributed by atoms with Gasteiger partial charge in [0, 0.05) is 5.02 Å². The Morgan fingerprint density at radius 2 is 1.54 bits per heavy atom. The molecule has 0 unspecified atom stereocenters. The number of rotatable bonds is 10. The lowest BCUT2D eigenvalue weighted by Gasteiger charge is -2.20. The Bertz CT molecular complexity index is 523. The van der Waals surface area contributed by atoms with E-state index in [2.05, 4.69) is 6.92 Å². The fourth-order valence-corrected chi connectivity index (χ4v) is 2.17. The van der Waals surface area contributed by atoms with Crippen molar-refractivity contribution in [3.05, 3.63) is 29.3 Å². The molecule has 1 aromatic carbocycles. The second kappa shape index (κ2) is 10.3. The van der Waals surface area contributed by atoms with Crippen molar-refractivity contribution in [2.45, 2.75) is 59.3 Å². The number of carbonyl (C=O) groups is 2. The van der Waals surface area contributed by atoms with Gasteiger partial charge in [0.25, 0.3) is 0 Å². The van der Waals surface area contributed by atoms with Crippen LogP contribution >= 0.6 is 11.6 Å². The number of ether oxygens (including phenoxy) is 2. The van der Waals surface area contributed by atoms with Gasteiger partial charge in [-0.3, -0.25) is 9.59 Å². The maximum Gasteiger partial charge on any atom is 0.328 e. The Morgan fingerprint density at radius 1 is 0.958 bits per heavy atom. The number of carbonyl (C=O) groups excluding carboxylic acids is 2. The first-order valence-corrected chi connectivity index (χ1v) is 8.90. The van der Waals surface area contributed by atoms with Gasteiger partial charge in [0.05, 0.1) is 6.61 Å². The van der Waals surface area contributed by atoms with E-state index in [1.807, 2.05) is 0 Å². The fourth-order valence-electron chi connectivity index (χ4n) is 2.05. The van der Waals surface area contributed by atoms with Gasteiger partial charge >= 0.3 is 11.9 Å². The topological polar surface area (TPSA) is 52.6 Å². The van der Waals surface area contributed by atoms with E-state index >= 15 is 0 Å². The molecule has 1 aromatic rings. The van der Waals surface area contributed by atoms with Crippen LogP contribution in [0.4, 0.5) is 0 Å². The summed E-state index contributed by atoms with van der Waals surface area (Å²) in [6.45, 7) is 5.53. The summed E-state index contributed by atoms with van der Waals surface area (Å²) in [4.78, 5) is 24.4. The van der Waals surface area contributed by atoms with Crippen LogP contribution in [0.1, 0.15) is 59.3 Å². The van der Waals surface area contributed by atoms with Crippen molar-refractivity contribution >= 4 is 23.5 Å². The van der Waals surface area contributed by atoms with E-state index in [0.29, 0.717) is 17.4 Å². The molecule has 0 aliphatic heterocycles. The number of halogens is 1. The highest BCUT2D eigenvalue weighted by molar-refractivity contribution is 6.30. The van der Waals surface area contributed by atoms with Crippen LogP contribution in [0.15, 0.2) is 24.3 Å². The summed E-state index contributed by atoms with van der Waals surface area (Å²) in [6.07, 6.45) is 6.65. The minimum Gasteiger partial charge on any atom is -0.465 e. The van der Waals surface area contributed by atoms with E-state index in [1.165, 1.54) is 33.1 Å². The molecule has 0 spiro atoms. The third-order valence-corrected chi connectivity index (χ3v) is 4.03. The molecule has 0 aliphatic rings. The molecule has 0 amide bonds. The first kappa shape index (κ1) is 20.5. The molecule has 0 saturated carbocycles. The lowest BCUT2D eigenvalue weighted by molar-refractivity contribution is -0.164. The van der Waals surface area contributed by atoms with Crippen molar-refractivity contribution in [2.75, 3.05) is 6.61 Å². The van der Waals surface area contributed by atoms with E-state index < -0.39 is 17.4 Å². The van der Waals surface area contributed by atoms with Gasteiger partial charge in [-0.15, -0.1) is 0 Å². The maximum atomic E-state index is 12.2. The Kier molecular flexibility index (Phi) is 8.83. The highest BCUT2D eigenvalue weighted by Crippen LogP contribution is 2.23. The first-order chi connectivity index (χ1) is 11.4. The maximum absolute atomic E-state index is 12.2. The van der Waals surface area contributed by atoms with Crippen molar-refractivity contribution in [1.82, 2.24) is 0 Å². The molecule has 0 N–H and O–H groups in total. The van der Waals surface area contributed by atoms with E-state index in [4.69, 9.17) is 21.1 Å². The van der Waals surface area contributed by atoms with E-state index in [-0.39, 0.29) is 0 Å². The fraction of sp³-hybridized carbons (Fsp3) is 0.579.